The monoisotopic (exact) mass is 380 g/mol. The molecule has 0 saturated carbocycles. The van der Waals surface area contributed by atoms with Crippen LogP contribution in [0.4, 0.5) is 43.9 Å². The molecule has 0 N–H and O–H groups in total. The van der Waals surface area contributed by atoms with Gasteiger partial charge in [0.1, 0.15) is 4.49 Å². The minimum absolute atomic E-state index is 0.198. The van der Waals surface area contributed by atoms with Crippen LogP contribution in [0, 0.1) is 0 Å². The molecule has 0 heterocycles. The second kappa shape index (κ2) is 7.60. The van der Waals surface area contributed by atoms with Crippen molar-refractivity contribution in [1.82, 2.24) is 0 Å². The Morgan fingerprint density at radius 3 is 1.00 bits per heavy atom. The number of rotatable bonds is 0. The first-order chi connectivity index (χ1) is 8.48. The Bertz CT molecular complexity index is 348. The van der Waals surface area contributed by atoms with Gasteiger partial charge in [-0.3, -0.25) is 0 Å². The molecule has 0 atom stereocenters. The van der Waals surface area contributed by atoms with E-state index in [9.17, 15) is 43.9 Å². The topological polar surface area (TPSA) is 0 Å². The molecular weight excluding hydrogens is 380 g/mol. The summed E-state index contributed by atoms with van der Waals surface area (Å²) in [6.45, 7) is 0. The zero-order valence-corrected chi connectivity index (χ0v) is 10.8. The van der Waals surface area contributed by atoms with E-state index in [1.807, 2.05) is 0 Å². The van der Waals surface area contributed by atoms with Gasteiger partial charge in [0.15, 0.2) is 5.57 Å². The van der Waals surface area contributed by atoms with Crippen LogP contribution >= 0.6 is 34.8 Å². The Morgan fingerprint density at radius 2 is 1.00 bits per heavy atom. The van der Waals surface area contributed by atoms with Crippen LogP contribution in [0.15, 0.2) is 21.4 Å². The van der Waals surface area contributed by atoms with E-state index >= 15 is 0 Å². The Kier molecular flexibility index (Phi) is 8.34. The largest absolute Gasteiger partial charge is 0.425 e. The van der Waals surface area contributed by atoms with E-state index < -0.39 is 33.9 Å². The Labute approximate surface area is 119 Å². The third-order valence-corrected chi connectivity index (χ3v) is 1.44. The van der Waals surface area contributed by atoms with Crippen molar-refractivity contribution >= 4 is 34.8 Å². The molecule has 0 amide bonds. The molecule has 0 saturated heterocycles. The highest BCUT2D eigenvalue weighted by Gasteiger charge is 2.53. The highest BCUT2D eigenvalue weighted by atomic mass is 35.5. The highest BCUT2D eigenvalue weighted by Crippen LogP contribution is 2.41. The molecule has 0 aromatic carbocycles. The summed E-state index contributed by atoms with van der Waals surface area (Å²) in [5, 5.41) is -2.81. The first-order valence-corrected chi connectivity index (χ1v) is 4.92. The molecule has 0 spiro atoms. The quantitative estimate of drug-likeness (QED) is 0.426. The lowest BCUT2D eigenvalue weighted by atomic mass is 10.3. The van der Waals surface area contributed by atoms with Crippen molar-refractivity contribution in [2.45, 2.75) is 18.5 Å². The maximum absolute atomic E-state index is 11.6. The Morgan fingerprint density at radius 1 is 0.700 bits per heavy atom. The van der Waals surface area contributed by atoms with Crippen LogP contribution < -0.4 is 0 Å². The Balaban J connectivity index is 0. The summed E-state index contributed by atoms with van der Waals surface area (Å²) in [5.74, 6) is 0. The van der Waals surface area contributed by atoms with Crippen LogP contribution in [-0.4, -0.2) is 18.5 Å². The van der Waals surface area contributed by atoms with E-state index in [2.05, 4.69) is 34.8 Å². The van der Waals surface area contributed by atoms with E-state index in [0.29, 0.717) is 0 Å². The first-order valence-electron chi connectivity index (χ1n) is 3.78. The third-order valence-electron chi connectivity index (χ3n) is 1.03. The van der Waals surface area contributed by atoms with E-state index in [4.69, 9.17) is 0 Å². The second-order valence-electron chi connectivity index (χ2n) is 2.61. The van der Waals surface area contributed by atoms with Crippen LogP contribution in [-0.2, 0) is 0 Å². The smallest absolute Gasteiger partial charge is 0.193 e. The van der Waals surface area contributed by atoms with Crippen LogP contribution in [0.25, 0.3) is 0 Å². The van der Waals surface area contributed by atoms with Crippen molar-refractivity contribution in [2.24, 2.45) is 0 Å². The molecule has 0 aliphatic rings. The summed E-state index contributed by atoms with van der Waals surface area (Å²) in [5.41, 5.74) is -3.32. The number of halogens is 13. The zero-order valence-electron chi connectivity index (χ0n) is 8.49. The van der Waals surface area contributed by atoms with E-state index in [1.54, 1.807) is 0 Å². The van der Waals surface area contributed by atoms with Gasteiger partial charge in [-0.2, -0.15) is 43.9 Å². The number of hydrogen-bond acceptors (Lipinski definition) is 0. The maximum Gasteiger partial charge on any atom is 0.425 e. The second-order valence-corrected chi connectivity index (χ2v) is 3.95. The molecule has 0 aromatic heterocycles. The lowest BCUT2D eigenvalue weighted by Crippen LogP contribution is -2.26. The fourth-order valence-corrected chi connectivity index (χ4v) is 0.960. The van der Waals surface area contributed by atoms with Gasteiger partial charge in [-0.25, -0.2) is 0 Å². The van der Waals surface area contributed by atoms with Crippen LogP contribution in [0.3, 0.4) is 0 Å². The van der Waals surface area contributed by atoms with E-state index in [0.717, 1.165) is 0 Å². The molecule has 0 fully saturated rings. The SMILES string of the molecule is FC(Cl)=C(C(F)(F)F)C(F)(F)F.FC(F)(F)C=C(Cl)Cl. The van der Waals surface area contributed by atoms with Gasteiger partial charge in [-0.05, 0) is 0 Å². The Hall–Kier alpha value is -0.350. The van der Waals surface area contributed by atoms with Crippen molar-refractivity contribution < 1.29 is 43.9 Å². The molecule has 13 heteroatoms. The fraction of sp³-hybridized carbons (Fsp3) is 0.429. The summed E-state index contributed by atoms with van der Waals surface area (Å²) in [7, 11) is 0. The summed E-state index contributed by atoms with van der Waals surface area (Å²) < 4.78 is 112. The molecule has 0 rings (SSSR count). The average molecular weight is 381 g/mol. The van der Waals surface area contributed by atoms with Crippen molar-refractivity contribution in [1.29, 1.82) is 0 Å². The molecular formula is C7HCl3F10. The average Bonchev–Trinajstić information content (AvgIpc) is 1.89. The van der Waals surface area contributed by atoms with E-state index in [1.165, 1.54) is 0 Å². The van der Waals surface area contributed by atoms with Crippen LogP contribution in [0.2, 0.25) is 0 Å². The highest BCUT2D eigenvalue weighted by molar-refractivity contribution is 6.55. The van der Waals surface area contributed by atoms with Gasteiger partial charge in [0.2, 0.25) is 5.29 Å². The number of alkyl halides is 9. The van der Waals surface area contributed by atoms with Crippen LogP contribution in [0.5, 0.6) is 0 Å². The van der Waals surface area contributed by atoms with E-state index in [-0.39, 0.29) is 6.08 Å². The predicted octanol–water partition coefficient (Wildman–Crippen LogP) is 6.40. The predicted molar refractivity (Wildman–Crippen MR) is 51.9 cm³/mol. The van der Waals surface area contributed by atoms with Gasteiger partial charge in [-0.1, -0.05) is 34.8 Å². The van der Waals surface area contributed by atoms with Gasteiger partial charge in [0.05, 0.1) is 0 Å². The normalized spacial score (nSPS) is 12.2. The summed E-state index contributed by atoms with van der Waals surface area (Å²) >= 11 is 13.3. The first kappa shape index (κ1) is 21.9. The summed E-state index contributed by atoms with van der Waals surface area (Å²) in [6, 6.07) is 0. The summed E-state index contributed by atoms with van der Waals surface area (Å²) in [6.07, 6.45) is -16.3. The van der Waals surface area contributed by atoms with Crippen LogP contribution in [0.1, 0.15) is 0 Å². The molecule has 0 radical (unpaired) electrons. The third kappa shape index (κ3) is 11.5. The molecule has 0 bridgehead atoms. The van der Waals surface area contributed by atoms with Crippen molar-refractivity contribution in [2.75, 3.05) is 0 Å². The van der Waals surface area contributed by atoms with Gasteiger partial charge in [0, 0.05) is 6.08 Å². The molecule has 0 aliphatic carbocycles. The number of hydrogen-bond donors (Lipinski definition) is 0. The standard InChI is InChI=1S/C4ClF7.C3HCl2F3/c5-2(6)1(3(7,8)9)4(10,11)12;4-2(5)1-3(6,7)8/h;1H. The molecule has 120 valence electrons. The van der Waals surface area contributed by atoms with Gasteiger partial charge >= 0.3 is 18.5 Å². The van der Waals surface area contributed by atoms with Gasteiger partial charge in [0.25, 0.3) is 0 Å². The lowest BCUT2D eigenvalue weighted by Gasteiger charge is -2.13. The number of allylic oxidation sites excluding steroid dienone is 2. The summed E-state index contributed by atoms with van der Waals surface area (Å²) in [4.78, 5) is 0. The molecule has 0 unspecified atom stereocenters. The molecule has 20 heavy (non-hydrogen) atoms. The zero-order chi connectivity index (χ0) is 16.9. The lowest BCUT2D eigenvalue weighted by molar-refractivity contribution is -0.173. The molecule has 0 nitrogen and oxygen atoms in total. The molecule has 0 aliphatic heterocycles. The van der Waals surface area contributed by atoms with Gasteiger partial charge < -0.3 is 0 Å². The van der Waals surface area contributed by atoms with Crippen molar-refractivity contribution in [3.05, 3.63) is 21.4 Å². The minimum Gasteiger partial charge on any atom is -0.193 e. The van der Waals surface area contributed by atoms with Gasteiger partial charge in [-0.15, -0.1) is 0 Å². The molecule has 0 aromatic rings. The maximum atomic E-state index is 11.6. The van der Waals surface area contributed by atoms with Crippen molar-refractivity contribution in [3.8, 4) is 0 Å². The van der Waals surface area contributed by atoms with Crippen molar-refractivity contribution in [3.63, 3.8) is 0 Å². The minimum atomic E-state index is -5.83. The fourth-order valence-electron chi connectivity index (χ4n) is 0.499.